The monoisotopic (exact) mass is 299 g/mol. The van der Waals surface area contributed by atoms with E-state index in [1.807, 2.05) is 0 Å². The number of hydrogen-bond acceptors (Lipinski definition) is 3. The largest absolute Gasteiger partial charge is 0.491 e. The Morgan fingerprint density at radius 2 is 2.24 bits per heavy atom. The number of carbonyl (C=O) groups is 1. The molecule has 1 N–H and O–H groups in total. The topological polar surface area (TPSA) is 49.8 Å². The van der Waals surface area contributed by atoms with Gasteiger partial charge in [0.25, 0.3) is 5.91 Å². The molecule has 116 valence electrons. The SMILES string of the molecule is CCOc1ccc(F)c(C(=O)N2CCCC(CO)C2)c1F. The van der Waals surface area contributed by atoms with Crippen molar-refractivity contribution in [1.82, 2.24) is 4.90 Å². The van der Waals surface area contributed by atoms with Crippen LogP contribution in [0, 0.1) is 17.6 Å². The van der Waals surface area contributed by atoms with Gasteiger partial charge in [-0.2, -0.15) is 0 Å². The summed E-state index contributed by atoms with van der Waals surface area (Å²) in [4.78, 5) is 13.8. The van der Waals surface area contributed by atoms with E-state index in [0.717, 1.165) is 12.5 Å². The van der Waals surface area contributed by atoms with Gasteiger partial charge in [0.15, 0.2) is 11.6 Å². The third kappa shape index (κ3) is 3.32. The second-order valence-corrected chi connectivity index (χ2v) is 5.11. The molecule has 6 heteroatoms. The molecule has 2 rings (SSSR count). The zero-order valence-corrected chi connectivity index (χ0v) is 11.9. The molecular formula is C15H19F2NO3. The third-order valence-corrected chi connectivity index (χ3v) is 3.63. The molecule has 21 heavy (non-hydrogen) atoms. The van der Waals surface area contributed by atoms with Crippen LogP contribution in [0.4, 0.5) is 8.78 Å². The number of nitrogens with zero attached hydrogens (tertiary/aromatic N) is 1. The number of likely N-dealkylation sites (tertiary alicyclic amines) is 1. The smallest absolute Gasteiger partial charge is 0.259 e. The second kappa shape index (κ2) is 6.85. The van der Waals surface area contributed by atoms with Crippen LogP contribution in [0.1, 0.15) is 30.1 Å². The summed E-state index contributed by atoms with van der Waals surface area (Å²) in [5, 5.41) is 9.18. The Bertz CT molecular complexity index is 522. The number of benzene rings is 1. The van der Waals surface area contributed by atoms with E-state index in [4.69, 9.17) is 4.74 Å². The molecule has 0 radical (unpaired) electrons. The van der Waals surface area contributed by atoms with Gasteiger partial charge in [0.2, 0.25) is 0 Å². The summed E-state index contributed by atoms with van der Waals surface area (Å²) in [5.74, 6) is -2.72. The van der Waals surface area contributed by atoms with Gasteiger partial charge in [-0.3, -0.25) is 4.79 Å². The van der Waals surface area contributed by atoms with Gasteiger partial charge in [0, 0.05) is 19.7 Å². The number of ether oxygens (including phenoxy) is 1. The van der Waals surface area contributed by atoms with E-state index in [1.54, 1.807) is 6.92 Å². The Balaban J connectivity index is 2.28. The fourth-order valence-electron chi connectivity index (χ4n) is 2.55. The molecule has 1 atom stereocenters. The maximum atomic E-state index is 14.2. The maximum Gasteiger partial charge on any atom is 0.259 e. The minimum Gasteiger partial charge on any atom is -0.491 e. The van der Waals surface area contributed by atoms with Crippen molar-refractivity contribution in [2.45, 2.75) is 19.8 Å². The second-order valence-electron chi connectivity index (χ2n) is 5.11. The standard InChI is InChI=1S/C15H19F2NO3/c1-2-21-12-6-5-11(16)13(14(12)17)15(20)18-7-3-4-10(8-18)9-19/h5-6,10,19H,2-4,7-9H2,1H3. The Kier molecular flexibility index (Phi) is 5.12. The molecule has 1 aliphatic heterocycles. The molecule has 0 aliphatic carbocycles. The highest BCUT2D eigenvalue weighted by Crippen LogP contribution is 2.26. The van der Waals surface area contributed by atoms with Gasteiger partial charge in [-0.25, -0.2) is 8.78 Å². The van der Waals surface area contributed by atoms with Crippen molar-refractivity contribution in [3.8, 4) is 5.75 Å². The van der Waals surface area contributed by atoms with Gasteiger partial charge in [-0.05, 0) is 37.8 Å². The average molecular weight is 299 g/mol. The predicted molar refractivity (Wildman–Crippen MR) is 73.2 cm³/mol. The minimum absolute atomic E-state index is 0.0340. The van der Waals surface area contributed by atoms with Gasteiger partial charge in [0.1, 0.15) is 11.4 Å². The van der Waals surface area contributed by atoms with Gasteiger partial charge in [0.05, 0.1) is 6.61 Å². The van der Waals surface area contributed by atoms with Gasteiger partial charge < -0.3 is 14.7 Å². The summed E-state index contributed by atoms with van der Waals surface area (Å²) < 4.78 is 33.2. The van der Waals surface area contributed by atoms with Crippen molar-refractivity contribution < 1.29 is 23.4 Å². The van der Waals surface area contributed by atoms with E-state index >= 15 is 0 Å². The van der Waals surface area contributed by atoms with E-state index in [-0.39, 0.29) is 24.9 Å². The van der Waals surface area contributed by atoms with E-state index < -0.39 is 23.1 Å². The summed E-state index contributed by atoms with van der Waals surface area (Å²) in [6, 6.07) is 2.21. The molecule has 1 aromatic rings. The summed E-state index contributed by atoms with van der Waals surface area (Å²) in [7, 11) is 0. The van der Waals surface area contributed by atoms with Crippen LogP contribution in [0.3, 0.4) is 0 Å². The maximum absolute atomic E-state index is 14.2. The highest BCUT2D eigenvalue weighted by molar-refractivity contribution is 5.95. The van der Waals surface area contributed by atoms with Crippen LogP contribution >= 0.6 is 0 Å². The van der Waals surface area contributed by atoms with Crippen LogP contribution in [-0.4, -0.2) is 42.2 Å². The lowest BCUT2D eigenvalue weighted by Gasteiger charge is -2.32. The molecule has 1 unspecified atom stereocenters. The number of amides is 1. The summed E-state index contributed by atoms with van der Waals surface area (Å²) in [6.45, 7) is 2.63. The van der Waals surface area contributed by atoms with E-state index in [2.05, 4.69) is 0 Å². The third-order valence-electron chi connectivity index (χ3n) is 3.63. The normalized spacial score (nSPS) is 18.7. The first kappa shape index (κ1) is 15.7. The molecule has 0 aromatic heterocycles. The van der Waals surface area contributed by atoms with Crippen LogP contribution in [-0.2, 0) is 0 Å². The van der Waals surface area contributed by atoms with Gasteiger partial charge in [-0.1, -0.05) is 0 Å². The number of piperidine rings is 1. The van der Waals surface area contributed by atoms with Crippen LogP contribution in [0.25, 0.3) is 0 Å². The molecule has 1 fully saturated rings. The molecule has 1 amide bonds. The summed E-state index contributed by atoms with van der Waals surface area (Å²) in [6.07, 6.45) is 1.52. The lowest BCUT2D eigenvalue weighted by Crippen LogP contribution is -2.41. The van der Waals surface area contributed by atoms with Crippen LogP contribution in [0.15, 0.2) is 12.1 Å². The highest BCUT2D eigenvalue weighted by atomic mass is 19.1. The number of halogens is 2. The number of rotatable bonds is 4. The molecule has 1 heterocycles. The molecule has 4 nitrogen and oxygen atoms in total. The molecule has 1 saturated heterocycles. The average Bonchev–Trinajstić information content (AvgIpc) is 2.50. The first-order valence-electron chi connectivity index (χ1n) is 7.09. The zero-order chi connectivity index (χ0) is 15.4. The molecular weight excluding hydrogens is 280 g/mol. The number of aliphatic hydroxyl groups is 1. The lowest BCUT2D eigenvalue weighted by molar-refractivity contribution is 0.0610. The van der Waals surface area contributed by atoms with Crippen molar-refractivity contribution in [3.63, 3.8) is 0 Å². The van der Waals surface area contributed by atoms with Crippen LogP contribution in [0.2, 0.25) is 0 Å². The fraction of sp³-hybridized carbons (Fsp3) is 0.533. The molecule has 0 saturated carbocycles. The van der Waals surface area contributed by atoms with Crippen molar-refractivity contribution in [1.29, 1.82) is 0 Å². The number of hydrogen-bond donors (Lipinski definition) is 1. The van der Waals surface area contributed by atoms with Crippen molar-refractivity contribution in [3.05, 3.63) is 29.3 Å². The fourth-order valence-corrected chi connectivity index (χ4v) is 2.55. The van der Waals surface area contributed by atoms with E-state index in [0.29, 0.717) is 19.5 Å². The Labute approximate surface area is 122 Å². The Hall–Kier alpha value is -1.69. The van der Waals surface area contributed by atoms with E-state index in [1.165, 1.54) is 11.0 Å². The Morgan fingerprint density at radius 3 is 2.90 bits per heavy atom. The van der Waals surface area contributed by atoms with Crippen molar-refractivity contribution in [2.75, 3.05) is 26.3 Å². The number of aliphatic hydroxyl groups excluding tert-OH is 1. The molecule has 0 spiro atoms. The Morgan fingerprint density at radius 1 is 1.48 bits per heavy atom. The van der Waals surface area contributed by atoms with Crippen LogP contribution < -0.4 is 4.74 Å². The predicted octanol–water partition coefficient (Wildman–Crippen LogP) is 2.21. The zero-order valence-electron chi connectivity index (χ0n) is 11.9. The van der Waals surface area contributed by atoms with Crippen molar-refractivity contribution in [2.24, 2.45) is 5.92 Å². The van der Waals surface area contributed by atoms with Crippen molar-refractivity contribution >= 4 is 5.91 Å². The molecule has 1 aromatic carbocycles. The highest BCUT2D eigenvalue weighted by Gasteiger charge is 2.29. The summed E-state index contributed by atoms with van der Waals surface area (Å²) in [5.41, 5.74) is -0.584. The van der Waals surface area contributed by atoms with Crippen LogP contribution in [0.5, 0.6) is 5.75 Å². The quantitative estimate of drug-likeness (QED) is 0.927. The van der Waals surface area contributed by atoms with Gasteiger partial charge in [-0.15, -0.1) is 0 Å². The lowest BCUT2D eigenvalue weighted by atomic mass is 9.98. The number of carbonyl (C=O) groups excluding carboxylic acids is 1. The molecule has 0 bridgehead atoms. The first-order valence-corrected chi connectivity index (χ1v) is 7.09. The van der Waals surface area contributed by atoms with E-state index in [9.17, 15) is 18.7 Å². The summed E-state index contributed by atoms with van der Waals surface area (Å²) >= 11 is 0. The molecule has 1 aliphatic rings. The first-order chi connectivity index (χ1) is 10.1. The minimum atomic E-state index is -0.965. The van der Waals surface area contributed by atoms with Gasteiger partial charge >= 0.3 is 0 Å².